The van der Waals surface area contributed by atoms with Crippen LogP contribution in [0.2, 0.25) is 0 Å². The molecule has 29 heavy (non-hydrogen) atoms. The average molecular weight is 414 g/mol. The van der Waals surface area contributed by atoms with Crippen LogP contribution in [0.3, 0.4) is 0 Å². The third kappa shape index (κ3) is 3.63. The summed E-state index contributed by atoms with van der Waals surface area (Å²) >= 11 is 0. The lowest BCUT2D eigenvalue weighted by atomic mass is 9.92. The van der Waals surface area contributed by atoms with E-state index >= 15 is 0 Å². The fraction of sp³-hybridized carbons (Fsp3) is 0.190. The molecule has 150 valence electrons. The van der Waals surface area contributed by atoms with E-state index in [2.05, 4.69) is 10.0 Å². The van der Waals surface area contributed by atoms with Gasteiger partial charge in [-0.05, 0) is 55.8 Å². The lowest BCUT2D eigenvalue weighted by Gasteiger charge is -2.23. The van der Waals surface area contributed by atoms with E-state index < -0.39 is 21.4 Å². The molecule has 2 aromatic rings. The molecule has 0 aromatic heterocycles. The number of carbonyl (C=O) groups excluding carboxylic acids is 1. The Bertz CT molecular complexity index is 1210. The van der Waals surface area contributed by atoms with Crippen LogP contribution < -0.4 is 10.0 Å². The summed E-state index contributed by atoms with van der Waals surface area (Å²) in [6.07, 6.45) is 2.86. The van der Waals surface area contributed by atoms with Crippen LogP contribution in [0.25, 0.3) is 11.1 Å². The van der Waals surface area contributed by atoms with Crippen molar-refractivity contribution in [3.63, 3.8) is 0 Å². The number of sulfonamides is 1. The summed E-state index contributed by atoms with van der Waals surface area (Å²) < 4.78 is 45.1. The van der Waals surface area contributed by atoms with E-state index in [9.17, 15) is 17.6 Å². The van der Waals surface area contributed by atoms with E-state index in [1.165, 1.54) is 12.1 Å². The van der Waals surface area contributed by atoms with Gasteiger partial charge in [0.05, 0.1) is 17.5 Å². The Morgan fingerprint density at radius 2 is 1.90 bits per heavy atom. The average Bonchev–Trinajstić information content (AvgIpc) is 3.08. The summed E-state index contributed by atoms with van der Waals surface area (Å²) in [5.41, 5.74) is 2.55. The Kier molecular flexibility index (Phi) is 4.27. The third-order valence-corrected chi connectivity index (χ3v) is 5.35. The molecule has 2 aromatic carbocycles. The van der Waals surface area contributed by atoms with Gasteiger partial charge in [0, 0.05) is 16.8 Å². The van der Waals surface area contributed by atoms with Crippen LogP contribution in [0, 0.1) is 5.82 Å². The van der Waals surface area contributed by atoms with E-state index in [-0.39, 0.29) is 5.91 Å². The van der Waals surface area contributed by atoms with E-state index in [1.807, 2.05) is 19.9 Å². The number of hydrogen-bond donors (Lipinski definition) is 2. The Morgan fingerprint density at radius 3 is 2.62 bits per heavy atom. The molecule has 0 bridgehead atoms. The van der Waals surface area contributed by atoms with Gasteiger partial charge in [0.1, 0.15) is 17.2 Å². The highest BCUT2D eigenvalue weighted by molar-refractivity contribution is 7.92. The van der Waals surface area contributed by atoms with Gasteiger partial charge < -0.3 is 10.1 Å². The normalized spacial score (nSPS) is 20.0. The summed E-state index contributed by atoms with van der Waals surface area (Å²) in [5, 5.41) is 2.66. The number of carbonyl (C=O) groups is 1. The van der Waals surface area contributed by atoms with Gasteiger partial charge >= 0.3 is 0 Å². The highest BCUT2D eigenvalue weighted by Crippen LogP contribution is 2.44. The van der Waals surface area contributed by atoms with Gasteiger partial charge in [0.25, 0.3) is 5.91 Å². The Labute approximate surface area is 168 Å². The van der Waals surface area contributed by atoms with E-state index in [1.54, 1.807) is 30.3 Å². The number of ether oxygens (including phenoxy) is 1. The van der Waals surface area contributed by atoms with Crippen molar-refractivity contribution in [2.24, 2.45) is 0 Å². The molecule has 0 spiro atoms. The van der Waals surface area contributed by atoms with Gasteiger partial charge in [-0.15, -0.1) is 0 Å². The van der Waals surface area contributed by atoms with Crippen molar-refractivity contribution in [3.8, 4) is 0 Å². The quantitative estimate of drug-likeness (QED) is 0.749. The van der Waals surface area contributed by atoms with Gasteiger partial charge in [-0.1, -0.05) is 12.1 Å². The molecule has 2 heterocycles. The zero-order valence-electron chi connectivity index (χ0n) is 16.0. The predicted molar refractivity (Wildman–Crippen MR) is 110 cm³/mol. The van der Waals surface area contributed by atoms with E-state index in [0.29, 0.717) is 28.3 Å². The van der Waals surface area contributed by atoms with Crippen molar-refractivity contribution in [3.05, 3.63) is 71.2 Å². The first-order valence-electron chi connectivity index (χ1n) is 8.88. The second kappa shape index (κ2) is 6.45. The lowest BCUT2D eigenvalue weighted by Crippen LogP contribution is -2.21. The standard InChI is InChI=1S/C21H19FN2O4S/c1-21(2)16(12-5-4-6-14(9-12)24-29(3,26)27)11-18(28-21)19-15-8-7-13(22)10-17(15)23-20(19)25/h4-11,24H,1-3H3,(H,23,25). The van der Waals surface area contributed by atoms with Crippen molar-refractivity contribution in [1.29, 1.82) is 0 Å². The van der Waals surface area contributed by atoms with Crippen LogP contribution in [0.15, 0.2) is 54.3 Å². The number of amides is 1. The highest BCUT2D eigenvalue weighted by atomic mass is 32.2. The minimum atomic E-state index is -3.41. The van der Waals surface area contributed by atoms with Crippen molar-refractivity contribution < 1.29 is 22.3 Å². The smallest absolute Gasteiger partial charge is 0.260 e. The monoisotopic (exact) mass is 414 g/mol. The molecule has 8 heteroatoms. The number of rotatable bonds is 3. The number of hydrogen-bond acceptors (Lipinski definition) is 4. The largest absolute Gasteiger partial charge is 0.482 e. The molecule has 0 unspecified atom stereocenters. The SMILES string of the molecule is CC1(C)OC(=C2C(=O)Nc3cc(F)ccc32)C=C1c1cccc(NS(C)(=O)=O)c1. The molecule has 1 amide bonds. The van der Waals surface area contributed by atoms with Gasteiger partial charge in [0.15, 0.2) is 0 Å². The minimum Gasteiger partial charge on any atom is -0.482 e. The molecule has 0 atom stereocenters. The number of fused-ring (bicyclic) bond motifs is 1. The Hall–Kier alpha value is -3.13. The number of halogens is 1. The van der Waals surface area contributed by atoms with Crippen LogP contribution in [0.4, 0.5) is 15.8 Å². The molecule has 0 radical (unpaired) electrons. The first kappa shape index (κ1) is 19.2. The van der Waals surface area contributed by atoms with Crippen molar-refractivity contribution in [2.45, 2.75) is 19.4 Å². The van der Waals surface area contributed by atoms with Crippen molar-refractivity contribution >= 4 is 38.5 Å². The molecule has 6 nitrogen and oxygen atoms in total. The molecule has 0 fully saturated rings. The lowest BCUT2D eigenvalue weighted by molar-refractivity contribution is -0.111. The summed E-state index contributed by atoms with van der Waals surface area (Å²) in [5.74, 6) is -0.412. The zero-order chi connectivity index (χ0) is 21.0. The third-order valence-electron chi connectivity index (χ3n) is 4.74. The predicted octanol–water partition coefficient (Wildman–Crippen LogP) is 3.75. The molecule has 2 N–H and O–H groups in total. The summed E-state index contributed by atoms with van der Waals surface area (Å²) in [7, 11) is -3.41. The number of benzene rings is 2. The maximum absolute atomic E-state index is 13.5. The molecule has 2 aliphatic rings. The first-order valence-corrected chi connectivity index (χ1v) is 10.8. The minimum absolute atomic E-state index is 0.341. The molecule has 0 aliphatic carbocycles. The number of anilines is 2. The van der Waals surface area contributed by atoms with Gasteiger partial charge in [0.2, 0.25) is 10.0 Å². The highest BCUT2D eigenvalue weighted by Gasteiger charge is 2.38. The molecular formula is C21H19FN2O4S. The van der Waals surface area contributed by atoms with Crippen molar-refractivity contribution in [2.75, 3.05) is 16.3 Å². The van der Waals surface area contributed by atoms with Crippen LogP contribution in [-0.4, -0.2) is 26.2 Å². The van der Waals surface area contributed by atoms with Crippen LogP contribution >= 0.6 is 0 Å². The van der Waals surface area contributed by atoms with Crippen LogP contribution in [0.5, 0.6) is 0 Å². The maximum atomic E-state index is 13.5. The Morgan fingerprint density at radius 1 is 1.14 bits per heavy atom. The van der Waals surface area contributed by atoms with Crippen LogP contribution in [0.1, 0.15) is 25.0 Å². The van der Waals surface area contributed by atoms with Crippen LogP contribution in [-0.2, 0) is 19.6 Å². The van der Waals surface area contributed by atoms with Crippen molar-refractivity contribution in [1.82, 2.24) is 0 Å². The molecule has 0 saturated heterocycles. The van der Waals surface area contributed by atoms with Gasteiger partial charge in [-0.25, -0.2) is 12.8 Å². The summed E-state index contributed by atoms with van der Waals surface area (Å²) in [6.45, 7) is 3.73. The molecule has 0 saturated carbocycles. The van der Waals surface area contributed by atoms with E-state index in [4.69, 9.17) is 4.74 Å². The zero-order valence-corrected chi connectivity index (χ0v) is 16.9. The summed E-state index contributed by atoms with van der Waals surface area (Å²) in [6, 6.07) is 11.1. The molecule has 4 rings (SSSR count). The number of nitrogens with one attached hydrogen (secondary N) is 2. The summed E-state index contributed by atoms with van der Waals surface area (Å²) in [4.78, 5) is 12.5. The second-order valence-electron chi connectivity index (χ2n) is 7.51. The number of allylic oxidation sites excluding steroid dienone is 1. The second-order valence-corrected chi connectivity index (χ2v) is 9.26. The van der Waals surface area contributed by atoms with Gasteiger partial charge in [-0.3, -0.25) is 9.52 Å². The molecular weight excluding hydrogens is 395 g/mol. The first-order chi connectivity index (χ1) is 13.5. The maximum Gasteiger partial charge on any atom is 0.260 e. The Balaban J connectivity index is 1.81. The topological polar surface area (TPSA) is 84.5 Å². The van der Waals surface area contributed by atoms with Gasteiger partial charge in [-0.2, -0.15) is 0 Å². The van der Waals surface area contributed by atoms with E-state index in [0.717, 1.165) is 17.4 Å². The fourth-order valence-corrected chi connectivity index (χ4v) is 4.13. The fourth-order valence-electron chi connectivity index (χ4n) is 3.57. The molecule has 2 aliphatic heterocycles.